The number of aryl methyl sites for hydroxylation is 3. The van der Waals surface area contributed by atoms with Gasteiger partial charge in [-0.25, -0.2) is 4.98 Å². The van der Waals surface area contributed by atoms with Crippen molar-refractivity contribution in [2.75, 3.05) is 18.0 Å². The van der Waals surface area contributed by atoms with E-state index in [0.29, 0.717) is 5.92 Å². The molecule has 3 nitrogen and oxygen atoms in total. The first-order chi connectivity index (χ1) is 11.1. The third-order valence-corrected chi connectivity index (χ3v) is 5.01. The molecule has 0 aliphatic carbocycles. The molecule has 0 unspecified atom stereocenters. The van der Waals surface area contributed by atoms with Crippen molar-refractivity contribution in [2.45, 2.75) is 26.7 Å². The molecule has 116 valence electrons. The number of nitrogens with zero attached hydrogens (tertiary/aromatic N) is 3. The van der Waals surface area contributed by atoms with Gasteiger partial charge >= 0.3 is 0 Å². The Morgan fingerprint density at radius 2 is 1.83 bits per heavy atom. The molecular weight excluding hydrogens is 282 g/mol. The lowest BCUT2D eigenvalue weighted by molar-refractivity contribution is 0.509. The average Bonchev–Trinajstić information content (AvgIpc) is 2.51. The van der Waals surface area contributed by atoms with Gasteiger partial charge in [-0.3, -0.25) is 4.98 Å². The standard InChI is InChI=1S/C20H21N3/c1-13-7-8-17-14(2)10-19(22-20(17)15(13)3)23-11-16(12-23)18-6-4-5-9-21-18/h4-10,16H,11-12H2,1-3H3. The fraction of sp³-hybridized carbons (Fsp3) is 0.300. The van der Waals surface area contributed by atoms with Crippen LogP contribution in [0, 0.1) is 20.8 Å². The van der Waals surface area contributed by atoms with E-state index in [1.54, 1.807) is 0 Å². The van der Waals surface area contributed by atoms with Gasteiger partial charge in [0.25, 0.3) is 0 Å². The summed E-state index contributed by atoms with van der Waals surface area (Å²) in [6.45, 7) is 8.50. The van der Waals surface area contributed by atoms with Gasteiger partial charge in [0.1, 0.15) is 5.82 Å². The normalized spacial score (nSPS) is 15.0. The summed E-state index contributed by atoms with van der Waals surface area (Å²) in [5, 5.41) is 1.26. The molecule has 0 amide bonds. The Bertz CT molecular complexity index is 865. The van der Waals surface area contributed by atoms with Crippen molar-refractivity contribution in [1.82, 2.24) is 9.97 Å². The second kappa shape index (κ2) is 5.34. The summed E-state index contributed by atoms with van der Waals surface area (Å²) in [6.07, 6.45) is 1.88. The van der Waals surface area contributed by atoms with Gasteiger partial charge in [0, 0.05) is 36.3 Å². The van der Waals surface area contributed by atoms with Gasteiger partial charge in [0.2, 0.25) is 0 Å². The van der Waals surface area contributed by atoms with Gasteiger partial charge in [0.05, 0.1) is 5.52 Å². The van der Waals surface area contributed by atoms with Crippen molar-refractivity contribution in [1.29, 1.82) is 0 Å². The maximum Gasteiger partial charge on any atom is 0.129 e. The Balaban J connectivity index is 1.65. The maximum absolute atomic E-state index is 4.95. The Morgan fingerprint density at radius 3 is 2.57 bits per heavy atom. The Hall–Kier alpha value is -2.42. The first kappa shape index (κ1) is 14.2. The lowest BCUT2D eigenvalue weighted by Gasteiger charge is -2.40. The van der Waals surface area contributed by atoms with Crippen LogP contribution in [0.3, 0.4) is 0 Å². The predicted molar refractivity (Wildman–Crippen MR) is 95.1 cm³/mol. The van der Waals surface area contributed by atoms with Crippen LogP contribution in [-0.2, 0) is 0 Å². The lowest BCUT2D eigenvalue weighted by atomic mass is 9.95. The van der Waals surface area contributed by atoms with Crippen LogP contribution in [0.4, 0.5) is 5.82 Å². The van der Waals surface area contributed by atoms with E-state index in [0.717, 1.165) is 24.4 Å². The van der Waals surface area contributed by atoms with Gasteiger partial charge in [0.15, 0.2) is 0 Å². The van der Waals surface area contributed by atoms with Crippen LogP contribution in [0.1, 0.15) is 28.3 Å². The highest BCUT2D eigenvalue weighted by Crippen LogP contribution is 2.32. The number of pyridine rings is 2. The minimum Gasteiger partial charge on any atom is -0.355 e. The summed E-state index contributed by atoms with van der Waals surface area (Å²) < 4.78 is 0. The maximum atomic E-state index is 4.95. The molecule has 0 saturated carbocycles. The second-order valence-electron chi connectivity index (χ2n) is 6.56. The highest BCUT2D eigenvalue weighted by Gasteiger charge is 2.30. The van der Waals surface area contributed by atoms with Crippen LogP contribution in [0.15, 0.2) is 42.6 Å². The van der Waals surface area contributed by atoms with Crippen molar-refractivity contribution in [3.63, 3.8) is 0 Å². The van der Waals surface area contributed by atoms with Gasteiger partial charge in [-0.15, -0.1) is 0 Å². The third-order valence-electron chi connectivity index (χ3n) is 5.01. The van der Waals surface area contributed by atoms with Gasteiger partial charge in [-0.2, -0.15) is 0 Å². The molecule has 3 heteroatoms. The molecule has 1 aromatic carbocycles. The fourth-order valence-corrected chi connectivity index (χ4v) is 3.31. The zero-order chi connectivity index (χ0) is 16.0. The largest absolute Gasteiger partial charge is 0.355 e. The molecule has 0 bridgehead atoms. The first-order valence-electron chi connectivity index (χ1n) is 8.17. The summed E-state index contributed by atoms with van der Waals surface area (Å²) >= 11 is 0. The molecule has 4 rings (SSSR count). The summed E-state index contributed by atoms with van der Waals surface area (Å²) in [4.78, 5) is 11.8. The fourth-order valence-electron chi connectivity index (χ4n) is 3.31. The lowest BCUT2D eigenvalue weighted by Crippen LogP contribution is -2.45. The summed E-state index contributed by atoms with van der Waals surface area (Å²) in [7, 11) is 0. The van der Waals surface area contributed by atoms with E-state index < -0.39 is 0 Å². The SMILES string of the molecule is Cc1ccc2c(C)cc(N3CC(c4ccccn4)C3)nc2c1C. The zero-order valence-electron chi connectivity index (χ0n) is 13.9. The van der Waals surface area contributed by atoms with E-state index in [9.17, 15) is 0 Å². The molecule has 1 saturated heterocycles. The molecular formula is C20H21N3. The van der Waals surface area contributed by atoms with Crippen molar-refractivity contribution in [2.24, 2.45) is 0 Å². The molecule has 0 N–H and O–H groups in total. The molecule has 3 heterocycles. The molecule has 1 aliphatic heterocycles. The predicted octanol–water partition coefficient (Wildman–Crippen LogP) is 4.16. The number of fused-ring (bicyclic) bond motifs is 1. The summed E-state index contributed by atoms with van der Waals surface area (Å²) in [5.74, 6) is 1.61. The van der Waals surface area contributed by atoms with E-state index in [1.807, 2.05) is 12.3 Å². The topological polar surface area (TPSA) is 29.0 Å². The minimum atomic E-state index is 0.521. The van der Waals surface area contributed by atoms with E-state index >= 15 is 0 Å². The minimum absolute atomic E-state index is 0.521. The number of rotatable bonds is 2. The number of hydrogen-bond donors (Lipinski definition) is 0. The molecule has 0 atom stereocenters. The Morgan fingerprint density at radius 1 is 1.00 bits per heavy atom. The average molecular weight is 303 g/mol. The molecule has 23 heavy (non-hydrogen) atoms. The molecule has 1 fully saturated rings. The highest BCUT2D eigenvalue weighted by atomic mass is 15.2. The van der Waals surface area contributed by atoms with Crippen LogP contribution in [-0.4, -0.2) is 23.1 Å². The van der Waals surface area contributed by atoms with E-state index in [1.165, 1.54) is 27.8 Å². The van der Waals surface area contributed by atoms with Gasteiger partial charge in [-0.1, -0.05) is 18.2 Å². The molecule has 3 aromatic rings. The van der Waals surface area contributed by atoms with Crippen LogP contribution >= 0.6 is 0 Å². The van der Waals surface area contributed by atoms with E-state index in [-0.39, 0.29) is 0 Å². The van der Waals surface area contributed by atoms with Crippen LogP contribution < -0.4 is 4.90 Å². The number of anilines is 1. The second-order valence-corrected chi connectivity index (χ2v) is 6.56. The van der Waals surface area contributed by atoms with Crippen molar-refractivity contribution >= 4 is 16.7 Å². The van der Waals surface area contributed by atoms with Crippen molar-refractivity contribution in [3.05, 3.63) is 65.0 Å². The molecule has 1 aliphatic rings. The van der Waals surface area contributed by atoms with Crippen LogP contribution in [0.5, 0.6) is 0 Å². The third kappa shape index (κ3) is 2.37. The monoisotopic (exact) mass is 303 g/mol. The molecule has 2 aromatic heterocycles. The molecule has 0 radical (unpaired) electrons. The van der Waals surface area contributed by atoms with Crippen molar-refractivity contribution < 1.29 is 0 Å². The summed E-state index contributed by atoms with van der Waals surface area (Å²) in [6, 6.07) is 12.7. The molecule has 0 spiro atoms. The van der Waals surface area contributed by atoms with E-state index in [4.69, 9.17) is 4.98 Å². The smallest absolute Gasteiger partial charge is 0.129 e. The number of benzene rings is 1. The summed E-state index contributed by atoms with van der Waals surface area (Å²) in [5.41, 5.74) is 6.22. The Kier molecular flexibility index (Phi) is 3.29. The first-order valence-corrected chi connectivity index (χ1v) is 8.17. The highest BCUT2D eigenvalue weighted by molar-refractivity contribution is 5.87. The van der Waals surface area contributed by atoms with Crippen LogP contribution in [0.2, 0.25) is 0 Å². The van der Waals surface area contributed by atoms with Gasteiger partial charge < -0.3 is 4.90 Å². The number of hydrogen-bond acceptors (Lipinski definition) is 3. The Labute approximate surface area is 137 Å². The van der Waals surface area contributed by atoms with Gasteiger partial charge in [-0.05, 0) is 55.7 Å². The van der Waals surface area contributed by atoms with E-state index in [2.05, 4.69) is 61.0 Å². The van der Waals surface area contributed by atoms with Crippen LogP contribution in [0.25, 0.3) is 10.9 Å². The quantitative estimate of drug-likeness (QED) is 0.712. The van der Waals surface area contributed by atoms with Crippen molar-refractivity contribution in [3.8, 4) is 0 Å². The zero-order valence-corrected chi connectivity index (χ0v) is 13.9. The number of aromatic nitrogens is 2.